The molecule has 1 fully saturated rings. The lowest BCUT2D eigenvalue weighted by molar-refractivity contribution is -0.385. The first kappa shape index (κ1) is 15.9. The summed E-state index contributed by atoms with van der Waals surface area (Å²) in [6.45, 7) is 0.734. The van der Waals surface area contributed by atoms with Crippen LogP contribution in [0.15, 0.2) is 18.2 Å². The van der Waals surface area contributed by atoms with E-state index in [0.29, 0.717) is 18.7 Å². The molecule has 2 rings (SSSR count). The zero-order valence-corrected chi connectivity index (χ0v) is 12.0. The summed E-state index contributed by atoms with van der Waals surface area (Å²) in [6, 6.07) is 3.53. The van der Waals surface area contributed by atoms with Crippen molar-refractivity contribution in [2.45, 2.75) is 50.7 Å². The Bertz CT molecular complexity index is 500. The van der Waals surface area contributed by atoms with Gasteiger partial charge in [-0.1, -0.05) is 25.7 Å². The van der Waals surface area contributed by atoms with Crippen LogP contribution in [-0.4, -0.2) is 22.2 Å². The van der Waals surface area contributed by atoms with Crippen molar-refractivity contribution in [1.82, 2.24) is 5.32 Å². The van der Waals surface area contributed by atoms with Gasteiger partial charge in [-0.05, 0) is 24.5 Å². The minimum Gasteiger partial charge on any atom is -0.389 e. The van der Waals surface area contributed by atoms with E-state index in [1.807, 2.05) is 0 Å². The van der Waals surface area contributed by atoms with E-state index in [1.54, 1.807) is 0 Å². The molecule has 0 atom stereocenters. The summed E-state index contributed by atoms with van der Waals surface area (Å²) in [6.07, 6.45) is 5.87. The lowest BCUT2D eigenvalue weighted by Gasteiger charge is -2.27. The van der Waals surface area contributed by atoms with Crippen LogP contribution in [0.2, 0.25) is 0 Å². The van der Waals surface area contributed by atoms with E-state index in [1.165, 1.54) is 12.1 Å². The second kappa shape index (κ2) is 6.95. The van der Waals surface area contributed by atoms with Crippen LogP contribution in [0.5, 0.6) is 0 Å². The number of rotatable bonds is 5. The van der Waals surface area contributed by atoms with Crippen molar-refractivity contribution in [3.05, 3.63) is 39.7 Å². The third kappa shape index (κ3) is 4.75. The number of hydrogen-bond donors (Lipinski definition) is 2. The third-order valence-electron chi connectivity index (χ3n) is 3.97. The van der Waals surface area contributed by atoms with Crippen LogP contribution in [0.3, 0.4) is 0 Å². The van der Waals surface area contributed by atoms with E-state index in [2.05, 4.69) is 5.32 Å². The smallest absolute Gasteiger partial charge is 0.272 e. The van der Waals surface area contributed by atoms with Crippen molar-refractivity contribution in [3.63, 3.8) is 0 Å². The van der Waals surface area contributed by atoms with Gasteiger partial charge in [0.1, 0.15) is 5.82 Å². The van der Waals surface area contributed by atoms with Gasteiger partial charge >= 0.3 is 0 Å². The van der Waals surface area contributed by atoms with E-state index in [4.69, 9.17) is 0 Å². The lowest BCUT2D eigenvalue weighted by Crippen LogP contribution is -2.39. The Morgan fingerprint density at radius 1 is 1.24 bits per heavy atom. The molecule has 21 heavy (non-hydrogen) atoms. The highest BCUT2D eigenvalue weighted by atomic mass is 19.1. The molecule has 1 aromatic carbocycles. The van der Waals surface area contributed by atoms with Crippen LogP contribution in [0.25, 0.3) is 0 Å². The Morgan fingerprint density at radius 2 is 1.90 bits per heavy atom. The summed E-state index contributed by atoms with van der Waals surface area (Å²) in [4.78, 5) is 10.1. The highest BCUT2D eigenvalue weighted by molar-refractivity contribution is 5.35. The molecule has 0 heterocycles. The van der Waals surface area contributed by atoms with E-state index in [9.17, 15) is 19.6 Å². The minimum atomic E-state index is -0.713. The fourth-order valence-electron chi connectivity index (χ4n) is 2.84. The minimum absolute atomic E-state index is 0.250. The molecule has 0 spiro atoms. The van der Waals surface area contributed by atoms with Crippen LogP contribution in [0.4, 0.5) is 10.1 Å². The Labute approximate surface area is 123 Å². The van der Waals surface area contributed by atoms with Crippen molar-refractivity contribution >= 4 is 5.69 Å². The fraction of sp³-hybridized carbons (Fsp3) is 0.600. The molecule has 0 aliphatic heterocycles. The topological polar surface area (TPSA) is 75.4 Å². The maximum Gasteiger partial charge on any atom is 0.272 e. The fourth-order valence-corrected chi connectivity index (χ4v) is 2.84. The number of nitrogens with one attached hydrogen (secondary N) is 1. The first-order chi connectivity index (χ1) is 9.98. The van der Waals surface area contributed by atoms with Gasteiger partial charge in [-0.25, -0.2) is 4.39 Å². The van der Waals surface area contributed by atoms with Crippen LogP contribution in [0, 0.1) is 15.9 Å². The Hall–Kier alpha value is -1.53. The molecule has 1 saturated carbocycles. The molecule has 0 bridgehead atoms. The van der Waals surface area contributed by atoms with Gasteiger partial charge < -0.3 is 10.4 Å². The molecule has 1 aliphatic rings. The number of non-ortho nitro benzene ring substituents is 1. The van der Waals surface area contributed by atoms with Gasteiger partial charge in [-0.3, -0.25) is 10.1 Å². The average molecular weight is 296 g/mol. The van der Waals surface area contributed by atoms with Crippen molar-refractivity contribution in [2.24, 2.45) is 0 Å². The van der Waals surface area contributed by atoms with Crippen LogP contribution >= 0.6 is 0 Å². The monoisotopic (exact) mass is 296 g/mol. The Balaban J connectivity index is 1.92. The molecule has 0 amide bonds. The number of halogens is 1. The zero-order chi connectivity index (χ0) is 15.3. The largest absolute Gasteiger partial charge is 0.389 e. The first-order valence-corrected chi connectivity index (χ1v) is 7.35. The summed E-state index contributed by atoms with van der Waals surface area (Å²) in [7, 11) is 0. The molecule has 0 aromatic heterocycles. The predicted molar refractivity (Wildman–Crippen MR) is 77.4 cm³/mol. The van der Waals surface area contributed by atoms with Crippen molar-refractivity contribution in [1.29, 1.82) is 0 Å². The quantitative estimate of drug-likeness (QED) is 0.497. The van der Waals surface area contributed by atoms with E-state index in [0.717, 1.165) is 44.6 Å². The summed E-state index contributed by atoms with van der Waals surface area (Å²) in [5.41, 5.74) is -0.450. The SMILES string of the molecule is O=[N+]([O-])c1cc(F)cc(CNCC2(O)CCCCCC2)c1. The molecule has 2 N–H and O–H groups in total. The van der Waals surface area contributed by atoms with E-state index in [-0.39, 0.29) is 5.69 Å². The summed E-state index contributed by atoms with van der Waals surface area (Å²) < 4.78 is 13.3. The summed E-state index contributed by atoms with van der Waals surface area (Å²) >= 11 is 0. The number of nitro benzene ring substituents is 1. The summed E-state index contributed by atoms with van der Waals surface area (Å²) in [5, 5.41) is 24.3. The van der Waals surface area contributed by atoms with Gasteiger partial charge in [-0.2, -0.15) is 0 Å². The number of aliphatic hydroxyl groups is 1. The molecule has 1 aliphatic carbocycles. The van der Waals surface area contributed by atoms with Gasteiger partial charge in [0.25, 0.3) is 5.69 Å². The molecular weight excluding hydrogens is 275 g/mol. The first-order valence-electron chi connectivity index (χ1n) is 7.35. The third-order valence-corrected chi connectivity index (χ3v) is 3.97. The lowest BCUT2D eigenvalue weighted by atomic mass is 9.94. The van der Waals surface area contributed by atoms with Gasteiger partial charge in [0.05, 0.1) is 16.6 Å². The van der Waals surface area contributed by atoms with Gasteiger partial charge in [-0.15, -0.1) is 0 Å². The molecule has 6 heteroatoms. The van der Waals surface area contributed by atoms with Gasteiger partial charge in [0, 0.05) is 19.2 Å². The highest BCUT2D eigenvalue weighted by Gasteiger charge is 2.27. The molecule has 0 saturated heterocycles. The number of benzene rings is 1. The predicted octanol–water partition coefficient (Wildman–Crippen LogP) is 2.91. The number of nitrogens with zero attached hydrogens (tertiary/aromatic N) is 1. The second-order valence-corrected chi connectivity index (χ2v) is 5.82. The molecule has 116 valence electrons. The maximum absolute atomic E-state index is 13.3. The molecular formula is C15H21FN2O3. The number of nitro groups is 1. The van der Waals surface area contributed by atoms with Crippen molar-refractivity contribution < 1.29 is 14.4 Å². The van der Waals surface area contributed by atoms with E-state index < -0.39 is 16.3 Å². The molecule has 1 aromatic rings. The second-order valence-electron chi connectivity index (χ2n) is 5.82. The molecule has 0 unspecified atom stereocenters. The maximum atomic E-state index is 13.3. The van der Waals surface area contributed by atoms with Gasteiger partial charge in [0.2, 0.25) is 0 Å². The molecule has 5 nitrogen and oxygen atoms in total. The van der Waals surface area contributed by atoms with Crippen molar-refractivity contribution in [2.75, 3.05) is 6.54 Å². The summed E-state index contributed by atoms with van der Waals surface area (Å²) in [5.74, 6) is -0.617. The Kier molecular flexibility index (Phi) is 5.25. The van der Waals surface area contributed by atoms with E-state index >= 15 is 0 Å². The average Bonchev–Trinajstić information content (AvgIpc) is 2.63. The van der Waals surface area contributed by atoms with Crippen LogP contribution in [0.1, 0.15) is 44.1 Å². The normalized spacial score (nSPS) is 18.2. The zero-order valence-electron chi connectivity index (χ0n) is 12.0. The van der Waals surface area contributed by atoms with Gasteiger partial charge in [0.15, 0.2) is 0 Å². The standard InChI is InChI=1S/C15H21FN2O3/c16-13-7-12(8-14(9-13)18(20)21)10-17-11-15(19)5-3-1-2-4-6-15/h7-9,17,19H,1-6,10-11H2. The van der Waals surface area contributed by atoms with Crippen molar-refractivity contribution in [3.8, 4) is 0 Å². The van der Waals surface area contributed by atoms with Crippen LogP contribution in [-0.2, 0) is 6.54 Å². The highest BCUT2D eigenvalue weighted by Crippen LogP contribution is 2.26. The Morgan fingerprint density at radius 3 is 2.52 bits per heavy atom. The van der Waals surface area contributed by atoms with Crippen LogP contribution < -0.4 is 5.32 Å². The molecule has 0 radical (unpaired) electrons. The number of hydrogen-bond acceptors (Lipinski definition) is 4.